The van der Waals surface area contributed by atoms with E-state index in [4.69, 9.17) is 11.6 Å². The maximum Gasteiger partial charge on any atom is 0.416 e. The molecule has 0 saturated heterocycles. The molecule has 1 aromatic heterocycles. The van der Waals surface area contributed by atoms with Gasteiger partial charge in [0.1, 0.15) is 6.33 Å². The Morgan fingerprint density at radius 2 is 2.00 bits per heavy atom. The molecule has 136 valence electrons. The normalized spacial score (nSPS) is 11.7. The Kier molecular flexibility index (Phi) is 5.15. The number of fused-ring (bicyclic) bond motifs is 1. The van der Waals surface area contributed by atoms with Gasteiger partial charge in [0.2, 0.25) is 0 Å². The Hall–Kier alpha value is -2.19. The van der Waals surface area contributed by atoms with Crippen LogP contribution in [0.5, 0.6) is 0 Å². The number of hydrogen-bond acceptors (Lipinski definition) is 4. The molecule has 0 bridgehead atoms. The molecule has 0 amide bonds. The molecule has 3 rings (SSSR count). The van der Waals surface area contributed by atoms with Crippen molar-refractivity contribution in [2.24, 2.45) is 0 Å². The minimum atomic E-state index is -4.54. The number of hydrogen-bond donors (Lipinski definition) is 1. The number of nitrogens with one attached hydrogen (secondary N) is 1. The van der Waals surface area contributed by atoms with E-state index < -0.39 is 17.3 Å². The van der Waals surface area contributed by atoms with E-state index in [1.54, 1.807) is 18.2 Å². The van der Waals surface area contributed by atoms with Gasteiger partial charge in [0, 0.05) is 9.92 Å². The van der Waals surface area contributed by atoms with Crippen molar-refractivity contribution in [3.63, 3.8) is 0 Å². The Labute approximate surface area is 156 Å². The van der Waals surface area contributed by atoms with Crippen LogP contribution in [0.15, 0.2) is 52.4 Å². The van der Waals surface area contributed by atoms with Crippen molar-refractivity contribution in [1.29, 1.82) is 0 Å². The fourth-order valence-corrected chi connectivity index (χ4v) is 3.29. The summed E-state index contributed by atoms with van der Waals surface area (Å²) in [6.45, 7) is 1.98. The number of alkyl halides is 3. The van der Waals surface area contributed by atoms with Crippen LogP contribution in [-0.4, -0.2) is 15.4 Å². The third-order valence-corrected chi connectivity index (χ3v) is 4.76. The molecule has 0 saturated carbocycles. The highest BCUT2D eigenvalue weighted by atomic mass is 35.5. The summed E-state index contributed by atoms with van der Waals surface area (Å²) < 4.78 is 39.8. The maximum absolute atomic E-state index is 12.9. The summed E-state index contributed by atoms with van der Waals surface area (Å²) in [5.74, 6) is 0.802. The van der Waals surface area contributed by atoms with Crippen molar-refractivity contribution < 1.29 is 13.2 Å². The molecular formula is C17H13ClF3N3OS. The zero-order valence-electron chi connectivity index (χ0n) is 13.5. The van der Waals surface area contributed by atoms with Crippen molar-refractivity contribution in [3.8, 4) is 0 Å². The molecule has 0 fully saturated rings. The summed E-state index contributed by atoms with van der Waals surface area (Å²) in [4.78, 5) is 17.5. The molecule has 3 aromatic rings. The molecule has 0 spiro atoms. The molecule has 0 aliphatic carbocycles. The fourth-order valence-electron chi connectivity index (χ4n) is 2.38. The van der Waals surface area contributed by atoms with Gasteiger partial charge in [-0.25, -0.2) is 9.66 Å². The predicted molar refractivity (Wildman–Crippen MR) is 97.9 cm³/mol. The number of halogens is 4. The van der Waals surface area contributed by atoms with E-state index in [1.807, 2.05) is 6.92 Å². The van der Waals surface area contributed by atoms with Gasteiger partial charge in [0.05, 0.1) is 22.2 Å². The van der Waals surface area contributed by atoms with Crippen LogP contribution in [0, 0.1) is 0 Å². The molecule has 0 radical (unpaired) electrons. The van der Waals surface area contributed by atoms with E-state index in [0.717, 1.165) is 27.5 Å². The fraction of sp³-hybridized carbons (Fsp3) is 0.176. The molecule has 0 aliphatic rings. The van der Waals surface area contributed by atoms with Gasteiger partial charge >= 0.3 is 6.18 Å². The number of aromatic nitrogens is 2. The number of anilines is 1. The largest absolute Gasteiger partial charge is 0.416 e. The monoisotopic (exact) mass is 399 g/mol. The third-order valence-electron chi connectivity index (χ3n) is 3.57. The Morgan fingerprint density at radius 1 is 1.23 bits per heavy atom. The van der Waals surface area contributed by atoms with Crippen LogP contribution in [0.2, 0.25) is 5.02 Å². The molecule has 26 heavy (non-hydrogen) atoms. The minimum Gasteiger partial charge on any atom is -0.289 e. The van der Waals surface area contributed by atoms with Crippen LogP contribution in [0.3, 0.4) is 0 Å². The standard InChI is InChI=1S/C17H13ClF3N3OS/c1-2-26-15-6-4-11(18)8-14(15)23-24-9-22-13-5-3-10(17(19,20)21)7-12(13)16(24)25/h3-9,23H,2H2,1H3. The number of thioether (sulfide) groups is 1. The summed E-state index contributed by atoms with van der Waals surface area (Å²) in [6, 6.07) is 8.06. The summed E-state index contributed by atoms with van der Waals surface area (Å²) >= 11 is 7.55. The van der Waals surface area contributed by atoms with Crippen LogP contribution >= 0.6 is 23.4 Å². The zero-order valence-corrected chi connectivity index (χ0v) is 15.0. The maximum atomic E-state index is 12.9. The van der Waals surface area contributed by atoms with Gasteiger partial charge < -0.3 is 0 Å². The number of nitrogens with zero attached hydrogens (tertiary/aromatic N) is 2. The molecule has 4 nitrogen and oxygen atoms in total. The first-order valence-electron chi connectivity index (χ1n) is 7.57. The van der Waals surface area contributed by atoms with E-state index in [0.29, 0.717) is 10.7 Å². The molecule has 1 N–H and O–H groups in total. The van der Waals surface area contributed by atoms with Gasteiger partial charge in [0.25, 0.3) is 5.56 Å². The van der Waals surface area contributed by atoms with E-state index in [9.17, 15) is 18.0 Å². The first kappa shape index (κ1) is 18.6. The van der Waals surface area contributed by atoms with Crippen LogP contribution in [0.4, 0.5) is 18.9 Å². The lowest BCUT2D eigenvalue weighted by atomic mass is 10.1. The third kappa shape index (κ3) is 3.81. The second-order valence-electron chi connectivity index (χ2n) is 5.33. The van der Waals surface area contributed by atoms with Crippen molar-refractivity contribution in [2.45, 2.75) is 18.0 Å². The SMILES string of the molecule is CCSc1ccc(Cl)cc1Nn1cnc2ccc(C(F)(F)F)cc2c1=O. The Bertz CT molecular complexity index is 1020. The van der Waals surface area contributed by atoms with Gasteiger partial charge in [0.15, 0.2) is 0 Å². The van der Waals surface area contributed by atoms with Gasteiger partial charge in [-0.05, 0) is 42.2 Å². The summed E-state index contributed by atoms with van der Waals surface area (Å²) in [5, 5.41) is 0.343. The second kappa shape index (κ2) is 7.20. The molecule has 0 unspecified atom stereocenters. The molecular weight excluding hydrogens is 387 g/mol. The zero-order chi connectivity index (χ0) is 18.9. The van der Waals surface area contributed by atoms with E-state index in [1.165, 1.54) is 24.2 Å². The van der Waals surface area contributed by atoms with Gasteiger partial charge in [-0.2, -0.15) is 13.2 Å². The molecule has 0 aliphatic heterocycles. The van der Waals surface area contributed by atoms with Gasteiger partial charge in [-0.1, -0.05) is 18.5 Å². The van der Waals surface area contributed by atoms with Crippen LogP contribution in [0.1, 0.15) is 12.5 Å². The average molecular weight is 400 g/mol. The smallest absolute Gasteiger partial charge is 0.289 e. The van der Waals surface area contributed by atoms with Crippen molar-refractivity contribution in [2.75, 3.05) is 11.2 Å². The van der Waals surface area contributed by atoms with E-state index in [-0.39, 0.29) is 10.9 Å². The average Bonchev–Trinajstić information content (AvgIpc) is 2.59. The van der Waals surface area contributed by atoms with Crippen LogP contribution in [-0.2, 0) is 6.18 Å². The van der Waals surface area contributed by atoms with Crippen molar-refractivity contribution in [1.82, 2.24) is 9.66 Å². The summed E-state index contributed by atoms with van der Waals surface area (Å²) in [5.41, 5.74) is 2.10. The highest BCUT2D eigenvalue weighted by molar-refractivity contribution is 7.99. The number of rotatable bonds is 4. The van der Waals surface area contributed by atoms with Crippen LogP contribution in [0.25, 0.3) is 10.9 Å². The minimum absolute atomic E-state index is 0.124. The Balaban J connectivity index is 2.08. The van der Waals surface area contributed by atoms with Gasteiger partial charge in [-0.3, -0.25) is 10.2 Å². The van der Waals surface area contributed by atoms with Gasteiger partial charge in [-0.15, -0.1) is 11.8 Å². The predicted octanol–water partition coefficient (Wildman–Crippen LogP) is 5.06. The first-order chi connectivity index (χ1) is 12.3. The molecule has 2 aromatic carbocycles. The highest BCUT2D eigenvalue weighted by Crippen LogP contribution is 2.31. The highest BCUT2D eigenvalue weighted by Gasteiger charge is 2.30. The lowest BCUT2D eigenvalue weighted by Crippen LogP contribution is -2.27. The second-order valence-corrected chi connectivity index (χ2v) is 7.08. The quantitative estimate of drug-likeness (QED) is 0.623. The molecule has 9 heteroatoms. The molecule has 0 atom stereocenters. The lowest BCUT2D eigenvalue weighted by molar-refractivity contribution is -0.137. The molecule has 1 heterocycles. The number of benzene rings is 2. The van der Waals surface area contributed by atoms with Crippen molar-refractivity contribution in [3.05, 3.63) is 63.7 Å². The summed E-state index contributed by atoms with van der Waals surface area (Å²) in [7, 11) is 0. The summed E-state index contributed by atoms with van der Waals surface area (Å²) in [6.07, 6.45) is -3.30. The van der Waals surface area contributed by atoms with Crippen LogP contribution < -0.4 is 11.0 Å². The van der Waals surface area contributed by atoms with E-state index in [2.05, 4.69) is 10.4 Å². The Morgan fingerprint density at radius 3 is 2.69 bits per heavy atom. The van der Waals surface area contributed by atoms with Crippen molar-refractivity contribution >= 4 is 40.0 Å². The lowest BCUT2D eigenvalue weighted by Gasteiger charge is -2.14. The van der Waals surface area contributed by atoms with E-state index >= 15 is 0 Å². The topological polar surface area (TPSA) is 46.9 Å². The first-order valence-corrected chi connectivity index (χ1v) is 8.94.